The van der Waals surface area contributed by atoms with Crippen molar-refractivity contribution in [2.75, 3.05) is 13.2 Å². The lowest BCUT2D eigenvalue weighted by atomic mass is 10.1. The molecular formula is C25H33ClN2O3. The molecule has 0 heterocycles. The minimum Gasteiger partial charge on any atom is -0.484 e. The average Bonchev–Trinajstić information content (AvgIpc) is 2.74. The highest BCUT2D eigenvalue weighted by atomic mass is 35.5. The molecule has 0 aliphatic rings. The highest BCUT2D eigenvalue weighted by molar-refractivity contribution is 6.31. The van der Waals surface area contributed by atoms with Crippen LogP contribution in [0.3, 0.4) is 0 Å². The van der Waals surface area contributed by atoms with Crippen LogP contribution in [0.2, 0.25) is 5.02 Å². The van der Waals surface area contributed by atoms with Gasteiger partial charge in [-0.2, -0.15) is 0 Å². The van der Waals surface area contributed by atoms with Crippen LogP contribution in [-0.2, 0) is 16.1 Å². The summed E-state index contributed by atoms with van der Waals surface area (Å²) in [5.74, 6) is 0.529. The minimum atomic E-state index is -0.606. The Labute approximate surface area is 190 Å². The van der Waals surface area contributed by atoms with Gasteiger partial charge in [-0.3, -0.25) is 9.59 Å². The van der Waals surface area contributed by atoms with Gasteiger partial charge >= 0.3 is 0 Å². The molecule has 2 aromatic rings. The number of carbonyl (C=O) groups is 2. The summed E-state index contributed by atoms with van der Waals surface area (Å²) < 4.78 is 5.77. The number of nitrogens with zero attached hydrogens (tertiary/aromatic N) is 1. The maximum Gasteiger partial charge on any atom is 0.261 e. The number of aryl methyl sites for hydroxylation is 2. The van der Waals surface area contributed by atoms with Crippen molar-refractivity contribution in [3.05, 3.63) is 64.2 Å². The molecule has 1 atom stereocenters. The summed E-state index contributed by atoms with van der Waals surface area (Å²) in [6.45, 7) is 10.6. The molecule has 2 amide bonds. The third-order valence-electron chi connectivity index (χ3n) is 5.21. The molecule has 168 valence electrons. The average molecular weight is 445 g/mol. The lowest BCUT2D eigenvalue weighted by Gasteiger charge is -2.31. The van der Waals surface area contributed by atoms with Crippen LogP contribution < -0.4 is 10.1 Å². The van der Waals surface area contributed by atoms with Gasteiger partial charge in [0.2, 0.25) is 5.91 Å². The number of carbonyl (C=O) groups excluding carboxylic acids is 2. The summed E-state index contributed by atoms with van der Waals surface area (Å²) in [7, 11) is 0. The predicted octanol–water partition coefficient (Wildman–Crippen LogP) is 4.92. The smallest absolute Gasteiger partial charge is 0.261 e. The largest absolute Gasteiger partial charge is 0.484 e. The maximum absolute atomic E-state index is 13.2. The van der Waals surface area contributed by atoms with Gasteiger partial charge in [0.15, 0.2) is 6.61 Å². The first-order valence-corrected chi connectivity index (χ1v) is 11.1. The molecule has 0 radical (unpaired) electrons. The third kappa shape index (κ3) is 7.28. The molecule has 0 saturated heterocycles. The Morgan fingerprint density at radius 2 is 1.81 bits per heavy atom. The van der Waals surface area contributed by atoms with E-state index in [2.05, 4.69) is 5.32 Å². The zero-order valence-electron chi connectivity index (χ0n) is 19.1. The molecule has 0 aliphatic carbocycles. The van der Waals surface area contributed by atoms with Gasteiger partial charge in [0, 0.05) is 18.1 Å². The van der Waals surface area contributed by atoms with Gasteiger partial charge in [-0.05, 0) is 61.1 Å². The lowest BCUT2D eigenvalue weighted by Crippen LogP contribution is -2.50. The zero-order valence-corrected chi connectivity index (χ0v) is 19.8. The number of amides is 2. The highest BCUT2D eigenvalue weighted by Gasteiger charge is 2.29. The second-order valence-electron chi connectivity index (χ2n) is 8.21. The lowest BCUT2D eigenvalue weighted by molar-refractivity contribution is -0.143. The monoisotopic (exact) mass is 444 g/mol. The van der Waals surface area contributed by atoms with Crippen molar-refractivity contribution < 1.29 is 14.3 Å². The third-order valence-corrected chi connectivity index (χ3v) is 5.58. The molecule has 0 spiro atoms. The molecule has 2 rings (SSSR count). The van der Waals surface area contributed by atoms with Gasteiger partial charge in [-0.1, -0.05) is 56.6 Å². The SMILES string of the molecule is CCC(C(=O)NCC(C)C)N(Cc1ccccc1Cl)C(=O)COc1ccc(C)c(C)c1. The number of halogens is 1. The second kappa shape index (κ2) is 11.8. The molecule has 0 saturated carbocycles. The van der Waals surface area contributed by atoms with Crippen molar-refractivity contribution in [3.8, 4) is 5.75 Å². The van der Waals surface area contributed by atoms with Crippen molar-refractivity contribution in [2.24, 2.45) is 5.92 Å². The van der Waals surface area contributed by atoms with Gasteiger partial charge in [0.1, 0.15) is 11.8 Å². The fourth-order valence-electron chi connectivity index (χ4n) is 3.18. The summed E-state index contributed by atoms with van der Waals surface area (Å²) in [6, 6.07) is 12.5. The number of hydrogen-bond donors (Lipinski definition) is 1. The van der Waals surface area contributed by atoms with Crippen molar-refractivity contribution in [1.29, 1.82) is 0 Å². The van der Waals surface area contributed by atoms with Crippen molar-refractivity contribution in [2.45, 2.75) is 53.6 Å². The molecule has 0 fully saturated rings. The maximum atomic E-state index is 13.2. The van der Waals surface area contributed by atoms with E-state index >= 15 is 0 Å². The number of ether oxygens (including phenoxy) is 1. The van der Waals surface area contributed by atoms with Gasteiger partial charge in [0.25, 0.3) is 5.91 Å². The highest BCUT2D eigenvalue weighted by Crippen LogP contribution is 2.21. The summed E-state index contributed by atoms with van der Waals surface area (Å²) in [4.78, 5) is 27.6. The van der Waals surface area contributed by atoms with Gasteiger partial charge in [-0.15, -0.1) is 0 Å². The Hall–Kier alpha value is -2.53. The molecule has 0 aliphatic heterocycles. The van der Waals surface area contributed by atoms with E-state index in [0.29, 0.717) is 29.7 Å². The quantitative estimate of drug-likeness (QED) is 0.566. The van der Waals surface area contributed by atoms with Crippen LogP contribution in [0.4, 0.5) is 0 Å². The van der Waals surface area contributed by atoms with E-state index in [1.165, 1.54) is 0 Å². The van der Waals surface area contributed by atoms with E-state index in [0.717, 1.165) is 16.7 Å². The van der Waals surface area contributed by atoms with Crippen molar-refractivity contribution in [3.63, 3.8) is 0 Å². The first-order valence-electron chi connectivity index (χ1n) is 10.7. The van der Waals surface area contributed by atoms with Crippen LogP contribution >= 0.6 is 11.6 Å². The van der Waals surface area contributed by atoms with Crippen molar-refractivity contribution in [1.82, 2.24) is 10.2 Å². The fourth-order valence-corrected chi connectivity index (χ4v) is 3.38. The van der Waals surface area contributed by atoms with Crippen molar-refractivity contribution >= 4 is 23.4 Å². The molecule has 1 unspecified atom stereocenters. The van der Waals surface area contributed by atoms with Crippen LogP contribution in [0.1, 0.15) is 43.9 Å². The number of benzene rings is 2. The second-order valence-corrected chi connectivity index (χ2v) is 8.62. The molecular weight excluding hydrogens is 412 g/mol. The topological polar surface area (TPSA) is 58.6 Å². The van der Waals surface area contributed by atoms with Gasteiger partial charge < -0.3 is 15.0 Å². The minimum absolute atomic E-state index is 0.152. The van der Waals surface area contributed by atoms with E-state index in [-0.39, 0.29) is 25.0 Å². The molecule has 0 aromatic heterocycles. The van der Waals surface area contributed by atoms with Crippen LogP contribution in [-0.4, -0.2) is 35.9 Å². The Kier molecular flexibility index (Phi) is 9.38. The summed E-state index contributed by atoms with van der Waals surface area (Å²) in [5.41, 5.74) is 3.04. The molecule has 31 heavy (non-hydrogen) atoms. The molecule has 2 aromatic carbocycles. The Morgan fingerprint density at radius 1 is 1.10 bits per heavy atom. The number of rotatable bonds is 10. The standard InChI is InChI=1S/C25H33ClN2O3/c1-6-23(25(30)27-14-17(2)3)28(15-20-9-7-8-10-22(20)26)24(29)16-31-21-12-11-18(4)19(5)13-21/h7-13,17,23H,6,14-16H2,1-5H3,(H,27,30). The van der Waals surface area contributed by atoms with Gasteiger partial charge in [0.05, 0.1) is 0 Å². The zero-order chi connectivity index (χ0) is 23.0. The molecule has 5 nitrogen and oxygen atoms in total. The summed E-state index contributed by atoms with van der Waals surface area (Å²) >= 11 is 6.34. The van der Waals surface area contributed by atoms with E-state index in [1.807, 2.05) is 71.0 Å². The van der Waals surface area contributed by atoms with Crippen LogP contribution in [0, 0.1) is 19.8 Å². The van der Waals surface area contributed by atoms with Crippen LogP contribution in [0.25, 0.3) is 0 Å². The summed E-state index contributed by atoms with van der Waals surface area (Å²) in [5, 5.41) is 3.51. The van der Waals surface area contributed by atoms with E-state index in [1.54, 1.807) is 11.0 Å². The fraction of sp³-hybridized carbons (Fsp3) is 0.440. The first kappa shape index (κ1) is 24.7. The Balaban J connectivity index is 2.22. The molecule has 6 heteroatoms. The summed E-state index contributed by atoms with van der Waals surface area (Å²) in [6.07, 6.45) is 0.490. The molecule has 1 N–H and O–H groups in total. The van der Waals surface area contributed by atoms with Crippen LogP contribution in [0.5, 0.6) is 5.75 Å². The van der Waals surface area contributed by atoms with Gasteiger partial charge in [-0.25, -0.2) is 0 Å². The first-order chi connectivity index (χ1) is 14.7. The normalized spacial score (nSPS) is 11.8. The van der Waals surface area contributed by atoms with E-state index in [9.17, 15) is 9.59 Å². The number of nitrogens with one attached hydrogen (secondary N) is 1. The Morgan fingerprint density at radius 3 is 2.42 bits per heavy atom. The van der Waals surface area contributed by atoms with E-state index in [4.69, 9.17) is 16.3 Å². The van der Waals surface area contributed by atoms with E-state index < -0.39 is 6.04 Å². The molecule has 0 bridgehead atoms. The van der Waals surface area contributed by atoms with Crippen LogP contribution in [0.15, 0.2) is 42.5 Å². The number of hydrogen-bond acceptors (Lipinski definition) is 3. The predicted molar refractivity (Wildman–Crippen MR) is 125 cm³/mol. The Bertz CT molecular complexity index is 898.